The van der Waals surface area contributed by atoms with E-state index in [1.165, 1.54) is 12.1 Å². The van der Waals surface area contributed by atoms with Gasteiger partial charge < -0.3 is 15.5 Å². The van der Waals surface area contributed by atoms with Gasteiger partial charge in [0, 0.05) is 55.1 Å². The molecule has 6 heterocycles. The van der Waals surface area contributed by atoms with Gasteiger partial charge in [-0.3, -0.25) is 4.40 Å². The minimum absolute atomic E-state index is 0. The molecule has 9 heteroatoms. The molecule has 8 nitrogen and oxygen atoms in total. The molecule has 2 aliphatic rings. The molecular weight excluding hydrogens is 424 g/mol. The second kappa shape index (κ2) is 7.86. The van der Waals surface area contributed by atoms with Gasteiger partial charge in [0.2, 0.25) is 5.95 Å². The van der Waals surface area contributed by atoms with Gasteiger partial charge in [0.1, 0.15) is 11.5 Å². The summed E-state index contributed by atoms with van der Waals surface area (Å²) >= 11 is 0. The van der Waals surface area contributed by atoms with E-state index in [4.69, 9.17) is 4.98 Å². The minimum atomic E-state index is 0. The maximum absolute atomic E-state index is 4.79. The van der Waals surface area contributed by atoms with E-state index in [1.807, 2.05) is 36.8 Å². The van der Waals surface area contributed by atoms with Crippen LogP contribution >= 0.6 is 12.4 Å². The smallest absolute Gasteiger partial charge is 0.230 e. The Morgan fingerprint density at radius 1 is 1.03 bits per heavy atom. The number of hydrogen-bond acceptors (Lipinski definition) is 7. The van der Waals surface area contributed by atoms with Crippen LogP contribution in [0.15, 0.2) is 42.9 Å². The van der Waals surface area contributed by atoms with Crippen LogP contribution in [0.2, 0.25) is 0 Å². The summed E-state index contributed by atoms with van der Waals surface area (Å²) in [6, 6.07) is 8.16. The van der Waals surface area contributed by atoms with Crippen LogP contribution < -0.4 is 15.5 Å². The van der Waals surface area contributed by atoms with Crippen LogP contribution in [-0.4, -0.2) is 50.5 Å². The standard InChI is InChI=1S/C23H26N8.ClH/c1-15(2)18-11-26-20-6-3-16-9-27-22(29-21(16)31(18)20)28-19-5-4-17(10-25-19)30-8-7-23(14-30)12-24-13-23;/h3-6,9-11,15,24H,7-8,12-14H2,1-2H3,(H,25,27,28,29);1H. The SMILES string of the molecule is CC(C)c1cnc2ccc3cnc(Nc4ccc(N5CCC6(CNC6)C5)cn4)nc3n12.Cl. The zero-order valence-electron chi connectivity index (χ0n) is 18.2. The fraction of sp³-hybridized carbons (Fsp3) is 0.391. The summed E-state index contributed by atoms with van der Waals surface area (Å²) < 4.78 is 2.11. The average molecular weight is 451 g/mol. The first-order valence-electron chi connectivity index (χ1n) is 10.9. The lowest BCUT2D eigenvalue weighted by Crippen LogP contribution is -2.54. The van der Waals surface area contributed by atoms with Crippen molar-refractivity contribution in [1.29, 1.82) is 0 Å². The first kappa shape index (κ1) is 20.9. The van der Waals surface area contributed by atoms with E-state index in [9.17, 15) is 0 Å². The number of hydrogen-bond donors (Lipinski definition) is 2. The second-order valence-electron chi connectivity index (χ2n) is 9.14. The quantitative estimate of drug-likeness (QED) is 0.489. The molecule has 32 heavy (non-hydrogen) atoms. The van der Waals surface area contributed by atoms with Crippen molar-refractivity contribution in [3.05, 3.63) is 48.5 Å². The van der Waals surface area contributed by atoms with Crippen molar-refractivity contribution >= 4 is 46.5 Å². The summed E-state index contributed by atoms with van der Waals surface area (Å²) in [6.07, 6.45) is 6.97. The molecule has 2 aliphatic heterocycles. The Morgan fingerprint density at radius 2 is 1.91 bits per heavy atom. The van der Waals surface area contributed by atoms with Gasteiger partial charge in [-0.15, -0.1) is 12.4 Å². The number of aromatic nitrogens is 5. The molecule has 2 saturated heterocycles. The van der Waals surface area contributed by atoms with Crippen LogP contribution in [0.5, 0.6) is 0 Å². The number of nitrogens with one attached hydrogen (secondary N) is 2. The predicted octanol–water partition coefficient (Wildman–Crippen LogP) is 3.76. The highest BCUT2D eigenvalue weighted by Gasteiger charge is 2.42. The number of halogens is 1. The molecule has 166 valence electrons. The van der Waals surface area contributed by atoms with Crippen LogP contribution in [0.1, 0.15) is 31.9 Å². The van der Waals surface area contributed by atoms with Crippen LogP contribution in [-0.2, 0) is 0 Å². The van der Waals surface area contributed by atoms with E-state index in [0.29, 0.717) is 17.3 Å². The molecule has 0 unspecified atom stereocenters. The molecule has 4 aromatic heterocycles. The van der Waals surface area contributed by atoms with E-state index in [1.54, 1.807) is 0 Å². The normalized spacial score (nSPS) is 17.2. The fourth-order valence-corrected chi connectivity index (χ4v) is 4.72. The number of pyridine rings is 2. The molecule has 0 radical (unpaired) electrons. The molecule has 0 bridgehead atoms. The molecule has 6 rings (SSSR count). The number of rotatable bonds is 4. The van der Waals surface area contributed by atoms with Gasteiger partial charge in [-0.05, 0) is 36.6 Å². The van der Waals surface area contributed by atoms with E-state index < -0.39 is 0 Å². The lowest BCUT2D eigenvalue weighted by Gasteiger charge is -2.39. The van der Waals surface area contributed by atoms with Crippen LogP contribution in [0.3, 0.4) is 0 Å². The maximum atomic E-state index is 4.79. The predicted molar refractivity (Wildman–Crippen MR) is 129 cm³/mol. The molecule has 0 aromatic carbocycles. The molecule has 1 spiro atoms. The number of anilines is 3. The molecule has 0 aliphatic carbocycles. The second-order valence-corrected chi connectivity index (χ2v) is 9.14. The summed E-state index contributed by atoms with van der Waals surface area (Å²) in [4.78, 5) is 20.9. The maximum Gasteiger partial charge on any atom is 0.230 e. The lowest BCUT2D eigenvalue weighted by atomic mass is 9.81. The van der Waals surface area contributed by atoms with Crippen molar-refractivity contribution in [2.24, 2.45) is 5.41 Å². The first-order valence-corrected chi connectivity index (χ1v) is 10.9. The topological polar surface area (TPSA) is 83.3 Å². The van der Waals surface area contributed by atoms with Gasteiger partial charge in [-0.25, -0.2) is 15.0 Å². The van der Waals surface area contributed by atoms with Crippen molar-refractivity contribution in [3.8, 4) is 0 Å². The zero-order chi connectivity index (χ0) is 21.0. The Morgan fingerprint density at radius 3 is 2.59 bits per heavy atom. The molecule has 4 aromatic rings. The number of imidazole rings is 1. The Labute approximate surface area is 192 Å². The van der Waals surface area contributed by atoms with Crippen LogP contribution in [0.4, 0.5) is 17.5 Å². The van der Waals surface area contributed by atoms with Gasteiger partial charge >= 0.3 is 0 Å². The van der Waals surface area contributed by atoms with Crippen molar-refractivity contribution in [2.75, 3.05) is 36.4 Å². The lowest BCUT2D eigenvalue weighted by molar-refractivity contribution is 0.200. The monoisotopic (exact) mass is 450 g/mol. The minimum Gasteiger partial charge on any atom is -0.370 e. The summed E-state index contributed by atoms with van der Waals surface area (Å²) in [5.41, 5.74) is 4.54. The Hall–Kier alpha value is -2.97. The Bertz CT molecular complexity index is 1260. The third-order valence-electron chi connectivity index (χ3n) is 6.62. The highest BCUT2D eigenvalue weighted by atomic mass is 35.5. The van der Waals surface area contributed by atoms with Gasteiger partial charge in [0.15, 0.2) is 5.65 Å². The average Bonchev–Trinajstić information content (AvgIpc) is 3.39. The van der Waals surface area contributed by atoms with Crippen LogP contribution in [0, 0.1) is 5.41 Å². The van der Waals surface area contributed by atoms with Gasteiger partial charge in [0.05, 0.1) is 11.9 Å². The molecule has 0 saturated carbocycles. The van der Waals surface area contributed by atoms with Crippen molar-refractivity contribution in [3.63, 3.8) is 0 Å². The van der Waals surface area contributed by atoms with E-state index in [2.05, 4.69) is 54.8 Å². The highest BCUT2D eigenvalue weighted by molar-refractivity contribution is 5.85. The first-order chi connectivity index (χ1) is 15.1. The van der Waals surface area contributed by atoms with E-state index in [-0.39, 0.29) is 12.4 Å². The van der Waals surface area contributed by atoms with Crippen LogP contribution in [0.25, 0.3) is 16.7 Å². The molecule has 0 amide bonds. The van der Waals surface area contributed by atoms with E-state index in [0.717, 1.165) is 54.4 Å². The summed E-state index contributed by atoms with van der Waals surface area (Å²) in [5, 5.41) is 7.66. The summed E-state index contributed by atoms with van der Waals surface area (Å²) in [6.45, 7) is 8.82. The zero-order valence-corrected chi connectivity index (χ0v) is 19.1. The van der Waals surface area contributed by atoms with Gasteiger partial charge in [-0.1, -0.05) is 13.8 Å². The highest BCUT2D eigenvalue weighted by Crippen LogP contribution is 2.36. The summed E-state index contributed by atoms with van der Waals surface area (Å²) in [7, 11) is 0. The third kappa shape index (κ3) is 3.43. The molecule has 2 fully saturated rings. The van der Waals surface area contributed by atoms with Gasteiger partial charge in [0.25, 0.3) is 0 Å². The number of nitrogens with zero attached hydrogens (tertiary/aromatic N) is 6. The molecule has 2 N–H and O–H groups in total. The summed E-state index contributed by atoms with van der Waals surface area (Å²) in [5.74, 6) is 1.62. The number of fused-ring (bicyclic) bond motifs is 3. The Kier molecular flexibility index (Phi) is 5.14. The van der Waals surface area contributed by atoms with Gasteiger partial charge in [-0.2, -0.15) is 4.98 Å². The van der Waals surface area contributed by atoms with Crippen molar-refractivity contribution in [2.45, 2.75) is 26.2 Å². The Balaban J connectivity index is 0.00000216. The molecule has 0 atom stereocenters. The molecular formula is C23H27ClN8. The van der Waals surface area contributed by atoms with Crippen molar-refractivity contribution < 1.29 is 0 Å². The fourth-order valence-electron chi connectivity index (χ4n) is 4.72. The van der Waals surface area contributed by atoms with E-state index >= 15 is 0 Å². The largest absolute Gasteiger partial charge is 0.370 e. The third-order valence-corrected chi connectivity index (χ3v) is 6.62. The van der Waals surface area contributed by atoms with Crippen molar-refractivity contribution in [1.82, 2.24) is 29.7 Å².